The fourth-order valence-corrected chi connectivity index (χ4v) is 6.48. The van der Waals surface area contributed by atoms with Crippen molar-refractivity contribution in [1.29, 1.82) is 0 Å². The van der Waals surface area contributed by atoms with Gasteiger partial charge in [0.2, 0.25) is 0 Å². The van der Waals surface area contributed by atoms with Crippen molar-refractivity contribution < 1.29 is 28.0 Å². The van der Waals surface area contributed by atoms with Crippen LogP contribution in [-0.4, -0.2) is 19.1 Å². The van der Waals surface area contributed by atoms with Crippen LogP contribution in [0.2, 0.25) is 0 Å². The summed E-state index contributed by atoms with van der Waals surface area (Å²) >= 11 is 0. The van der Waals surface area contributed by atoms with Gasteiger partial charge in [0.1, 0.15) is 23.0 Å². The Labute approximate surface area is 267 Å². The maximum Gasteiger partial charge on any atom is 0.584 e. The molecule has 4 aromatic carbocycles. The lowest BCUT2D eigenvalue weighted by molar-refractivity contribution is 0.291. The van der Waals surface area contributed by atoms with E-state index in [1.807, 2.05) is 48.5 Å². The van der Waals surface area contributed by atoms with Gasteiger partial charge >= 0.3 is 7.82 Å². The number of hydrogen-bond donors (Lipinski definition) is 1. The molecule has 0 atom stereocenters. The number of benzene rings is 4. The van der Waals surface area contributed by atoms with Gasteiger partial charge in [0.25, 0.3) is 0 Å². The summed E-state index contributed by atoms with van der Waals surface area (Å²) in [4.78, 5) is 10.6. The van der Waals surface area contributed by atoms with Crippen molar-refractivity contribution >= 4 is 30.1 Å². The zero-order chi connectivity index (χ0) is 32.4. The highest BCUT2D eigenvalue weighted by Crippen LogP contribution is 2.45. The summed E-state index contributed by atoms with van der Waals surface area (Å²) < 4.78 is 34.5. The topological polar surface area (TPSA) is 74.2 Å². The van der Waals surface area contributed by atoms with E-state index in [1.54, 1.807) is 38.5 Å². The molecule has 0 aliphatic heterocycles. The maximum atomic E-state index is 13.0. The Balaban J connectivity index is 1.49. The summed E-state index contributed by atoms with van der Waals surface area (Å²) in [6, 6.07) is 30.6. The van der Waals surface area contributed by atoms with Crippen molar-refractivity contribution in [1.82, 2.24) is 0 Å². The van der Waals surface area contributed by atoms with Crippen molar-refractivity contribution in [2.75, 3.05) is 14.2 Å². The zero-order valence-corrected chi connectivity index (χ0v) is 27.9. The molecule has 236 valence electrons. The molecule has 0 heterocycles. The summed E-state index contributed by atoms with van der Waals surface area (Å²) in [5.41, 5.74) is 9.23. The van der Waals surface area contributed by atoms with Crippen LogP contribution in [0.4, 0.5) is 0 Å². The van der Waals surface area contributed by atoms with Crippen LogP contribution in [-0.2, 0) is 4.57 Å². The monoisotopic (exact) mass is 626 g/mol. The van der Waals surface area contributed by atoms with Crippen molar-refractivity contribution in [3.8, 4) is 23.0 Å². The van der Waals surface area contributed by atoms with Gasteiger partial charge in [0.15, 0.2) is 0 Å². The van der Waals surface area contributed by atoms with Crippen molar-refractivity contribution in [3.63, 3.8) is 0 Å². The number of phosphoric acid groups is 1. The molecule has 1 N–H and O–H groups in total. The van der Waals surface area contributed by atoms with E-state index in [-0.39, 0.29) is 11.5 Å². The van der Waals surface area contributed by atoms with Crippen LogP contribution in [0.5, 0.6) is 23.0 Å². The molecule has 4 rings (SSSR count). The Bertz CT molecular complexity index is 1530. The average molecular weight is 627 g/mol. The van der Waals surface area contributed by atoms with E-state index in [0.717, 1.165) is 59.4 Å². The second kappa shape index (κ2) is 15.7. The van der Waals surface area contributed by atoms with Gasteiger partial charge in [-0.3, -0.25) is 4.89 Å². The number of rotatable bonds is 14. The number of allylic oxidation sites excluding steroid dienone is 4. The number of phosphoric ester groups is 1. The van der Waals surface area contributed by atoms with Crippen LogP contribution < -0.4 is 18.5 Å². The van der Waals surface area contributed by atoms with Gasteiger partial charge in [-0.25, -0.2) is 4.57 Å². The van der Waals surface area contributed by atoms with Gasteiger partial charge in [-0.05, 0) is 119 Å². The van der Waals surface area contributed by atoms with Crippen LogP contribution in [0.25, 0.3) is 22.3 Å². The van der Waals surface area contributed by atoms with Crippen molar-refractivity contribution in [2.45, 2.75) is 53.4 Å². The molecule has 0 amide bonds. The molecule has 0 aliphatic carbocycles. The molecule has 0 aliphatic rings. The third-order valence-electron chi connectivity index (χ3n) is 7.87. The predicted molar refractivity (Wildman–Crippen MR) is 185 cm³/mol. The molecule has 0 saturated carbocycles. The van der Waals surface area contributed by atoms with E-state index in [0.29, 0.717) is 0 Å². The lowest BCUT2D eigenvalue weighted by atomic mass is 9.91. The largest absolute Gasteiger partial charge is 0.584 e. The Hall–Kier alpha value is -4.25. The Morgan fingerprint density at radius 1 is 0.467 bits per heavy atom. The summed E-state index contributed by atoms with van der Waals surface area (Å²) in [5.74, 6) is 2.14. The Morgan fingerprint density at radius 3 is 0.889 bits per heavy atom. The van der Waals surface area contributed by atoms with E-state index < -0.39 is 7.82 Å². The van der Waals surface area contributed by atoms with Gasteiger partial charge in [-0.2, -0.15) is 0 Å². The average Bonchev–Trinajstić information content (AvgIpc) is 3.07. The van der Waals surface area contributed by atoms with E-state index in [2.05, 4.69) is 52.0 Å². The third kappa shape index (κ3) is 8.48. The number of ether oxygens (including phenoxy) is 2. The highest BCUT2D eigenvalue weighted by molar-refractivity contribution is 7.48. The first-order chi connectivity index (χ1) is 21.7. The van der Waals surface area contributed by atoms with Gasteiger partial charge < -0.3 is 18.5 Å². The molecule has 7 heteroatoms. The summed E-state index contributed by atoms with van der Waals surface area (Å²) in [6.45, 7) is 8.53. The smallest absolute Gasteiger partial charge is 0.497 e. The molecule has 0 radical (unpaired) electrons. The Kier molecular flexibility index (Phi) is 11.7. The molecule has 0 fully saturated rings. The standard InChI is InChI=1S/C38H43O6P/c1-7-35(27-11-19-31(41-5)20-12-27)37(9-3)29-15-23-33(24-16-29)43-45(39,40)44-34-25-17-30(18-26-34)38(10-4)36(8-2)28-13-21-32(42-6)22-14-28/h11-26H,7-10H2,1-6H3,(H,39,40). The third-order valence-corrected chi connectivity index (χ3v) is 8.75. The molecule has 0 aromatic heterocycles. The second-order valence-electron chi connectivity index (χ2n) is 10.5. The molecule has 0 saturated heterocycles. The first-order valence-electron chi connectivity index (χ1n) is 15.4. The predicted octanol–water partition coefficient (Wildman–Crippen LogP) is 10.7. The maximum absolute atomic E-state index is 13.0. The lowest BCUT2D eigenvalue weighted by Gasteiger charge is -2.17. The van der Waals surface area contributed by atoms with E-state index in [4.69, 9.17) is 18.5 Å². The van der Waals surface area contributed by atoms with Crippen LogP contribution >= 0.6 is 7.82 Å². The number of hydrogen-bond acceptors (Lipinski definition) is 5. The first kappa shape index (κ1) is 33.6. The minimum absolute atomic E-state index is 0.252. The summed E-state index contributed by atoms with van der Waals surface area (Å²) in [5, 5.41) is 0. The van der Waals surface area contributed by atoms with Crippen LogP contribution in [0.3, 0.4) is 0 Å². The van der Waals surface area contributed by atoms with E-state index >= 15 is 0 Å². The minimum Gasteiger partial charge on any atom is -0.497 e. The van der Waals surface area contributed by atoms with E-state index in [1.165, 1.54) is 22.3 Å². The number of methoxy groups -OCH3 is 2. The van der Waals surface area contributed by atoms with Crippen molar-refractivity contribution in [3.05, 3.63) is 119 Å². The molecule has 4 aromatic rings. The van der Waals surface area contributed by atoms with Crippen LogP contribution in [0.15, 0.2) is 97.1 Å². The summed E-state index contributed by atoms with van der Waals surface area (Å²) in [7, 11) is -1.12. The van der Waals surface area contributed by atoms with Gasteiger partial charge in [0, 0.05) is 0 Å². The van der Waals surface area contributed by atoms with Gasteiger partial charge in [-0.15, -0.1) is 0 Å². The highest BCUT2D eigenvalue weighted by atomic mass is 31.2. The fourth-order valence-electron chi connectivity index (χ4n) is 5.67. The Morgan fingerprint density at radius 2 is 0.689 bits per heavy atom. The normalized spacial score (nSPS) is 13.7. The zero-order valence-electron chi connectivity index (χ0n) is 27.0. The minimum atomic E-state index is -4.44. The quantitative estimate of drug-likeness (QED) is 0.111. The first-order valence-corrected chi connectivity index (χ1v) is 16.9. The molecular weight excluding hydrogens is 583 g/mol. The SMILES string of the molecule is CCC(=C(CC)c1ccc(OP(=O)(O)Oc2ccc(C(CC)=C(CC)c3ccc(OC)cc3)cc2)cc1)c1ccc(OC)cc1. The molecular formula is C38H43O6P. The highest BCUT2D eigenvalue weighted by Gasteiger charge is 2.25. The molecule has 45 heavy (non-hydrogen) atoms. The van der Waals surface area contributed by atoms with Crippen LogP contribution in [0, 0.1) is 0 Å². The van der Waals surface area contributed by atoms with E-state index in [9.17, 15) is 9.46 Å². The molecule has 0 unspecified atom stereocenters. The van der Waals surface area contributed by atoms with Crippen LogP contribution in [0.1, 0.15) is 75.6 Å². The van der Waals surface area contributed by atoms with Gasteiger partial charge in [-0.1, -0.05) is 76.2 Å². The lowest BCUT2D eigenvalue weighted by Crippen LogP contribution is -2.00. The molecule has 0 spiro atoms. The van der Waals surface area contributed by atoms with Gasteiger partial charge in [0.05, 0.1) is 14.2 Å². The molecule has 6 nitrogen and oxygen atoms in total. The summed E-state index contributed by atoms with van der Waals surface area (Å²) in [6.07, 6.45) is 3.40. The fraction of sp³-hybridized carbons (Fsp3) is 0.263. The molecule has 0 bridgehead atoms. The van der Waals surface area contributed by atoms with Crippen molar-refractivity contribution in [2.24, 2.45) is 0 Å². The second-order valence-corrected chi connectivity index (χ2v) is 11.8.